The van der Waals surface area contributed by atoms with Crippen LogP contribution in [0.5, 0.6) is 0 Å². The van der Waals surface area contributed by atoms with Crippen molar-refractivity contribution in [2.75, 3.05) is 12.4 Å². The summed E-state index contributed by atoms with van der Waals surface area (Å²) in [6.07, 6.45) is 3.68. The van der Waals surface area contributed by atoms with Gasteiger partial charge in [0.05, 0.1) is 5.75 Å². The van der Waals surface area contributed by atoms with Crippen LogP contribution in [0.4, 0.5) is 0 Å². The normalized spacial score (nSPS) is 12.0. The molecule has 0 fully saturated rings. The summed E-state index contributed by atoms with van der Waals surface area (Å²) in [4.78, 5) is 11.1. The predicted molar refractivity (Wildman–Crippen MR) is 58.0 cm³/mol. The first kappa shape index (κ1) is 12.6. The molecule has 0 aliphatic heterocycles. The lowest BCUT2D eigenvalue weighted by molar-refractivity contribution is -0.139. The van der Waals surface area contributed by atoms with E-state index in [1.807, 2.05) is 19.1 Å². The minimum Gasteiger partial charge on any atom is -0.461 e. The fraction of sp³-hybridized carbons (Fsp3) is 0.700. The van der Waals surface area contributed by atoms with E-state index in [4.69, 9.17) is 4.74 Å². The molecule has 0 aromatic carbocycles. The predicted octanol–water partition coefficient (Wildman–Crippen LogP) is 2.64. The van der Waals surface area contributed by atoms with Crippen molar-refractivity contribution < 1.29 is 9.53 Å². The second kappa shape index (κ2) is 6.08. The fourth-order valence-electron chi connectivity index (χ4n) is 0.554. The molecule has 0 N–H and O–H groups in total. The Bertz CT molecular complexity index is 180. The lowest BCUT2D eigenvalue weighted by Crippen LogP contribution is -2.14. The van der Waals surface area contributed by atoms with Crippen molar-refractivity contribution in [3.05, 3.63) is 12.2 Å². The van der Waals surface area contributed by atoms with Gasteiger partial charge in [0.15, 0.2) is 0 Å². The van der Waals surface area contributed by atoms with E-state index in [-0.39, 0.29) is 10.7 Å². The number of thioether (sulfide) groups is 1. The maximum absolute atomic E-state index is 11.1. The molecule has 0 aliphatic carbocycles. The quantitative estimate of drug-likeness (QED) is 0.518. The van der Waals surface area contributed by atoms with Crippen LogP contribution in [-0.2, 0) is 9.53 Å². The third-order valence-corrected chi connectivity index (χ3v) is 2.45. The number of ether oxygens (including phenoxy) is 1. The van der Waals surface area contributed by atoms with Crippen LogP contribution in [0.15, 0.2) is 12.2 Å². The molecule has 0 unspecified atom stereocenters. The van der Waals surface area contributed by atoms with Gasteiger partial charge < -0.3 is 4.74 Å². The third-order valence-electron chi connectivity index (χ3n) is 1.20. The SMILES string of the molecule is CC=CCOC(=O)CSC(C)(C)C. The summed E-state index contributed by atoms with van der Waals surface area (Å²) < 4.78 is 5.06. The van der Waals surface area contributed by atoms with E-state index < -0.39 is 0 Å². The van der Waals surface area contributed by atoms with Crippen molar-refractivity contribution in [1.82, 2.24) is 0 Å². The van der Waals surface area contributed by atoms with Crippen molar-refractivity contribution in [3.63, 3.8) is 0 Å². The van der Waals surface area contributed by atoms with Gasteiger partial charge in [0.2, 0.25) is 0 Å². The molecule has 0 atom stereocenters. The molecule has 0 aromatic heterocycles. The maximum atomic E-state index is 11.1. The van der Waals surface area contributed by atoms with Crippen molar-refractivity contribution >= 4 is 17.7 Å². The lowest BCUT2D eigenvalue weighted by atomic mass is 10.3. The topological polar surface area (TPSA) is 26.3 Å². The van der Waals surface area contributed by atoms with Crippen LogP contribution in [0, 0.1) is 0 Å². The van der Waals surface area contributed by atoms with Gasteiger partial charge in [0.25, 0.3) is 0 Å². The second-order valence-electron chi connectivity index (χ2n) is 3.65. The average molecular weight is 202 g/mol. The van der Waals surface area contributed by atoms with E-state index >= 15 is 0 Å². The number of esters is 1. The molecule has 0 aliphatic rings. The number of carbonyl (C=O) groups is 1. The Kier molecular flexibility index (Phi) is 5.88. The molecule has 0 radical (unpaired) electrons. The lowest BCUT2D eigenvalue weighted by Gasteiger charge is -2.16. The summed E-state index contributed by atoms with van der Waals surface area (Å²) in [6, 6.07) is 0. The Hall–Kier alpha value is -0.440. The zero-order valence-electron chi connectivity index (χ0n) is 8.79. The monoisotopic (exact) mass is 202 g/mol. The van der Waals surface area contributed by atoms with Gasteiger partial charge in [0, 0.05) is 4.75 Å². The second-order valence-corrected chi connectivity index (χ2v) is 5.46. The Balaban J connectivity index is 3.52. The Morgan fingerprint density at radius 3 is 2.54 bits per heavy atom. The van der Waals surface area contributed by atoms with E-state index in [0.29, 0.717) is 12.4 Å². The molecule has 0 saturated carbocycles. The standard InChI is InChI=1S/C10H18O2S/c1-5-6-7-12-9(11)8-13-10(2,3)4/h5-6H,7-8H2,1-4H3. The number of allylic oxidation sites excluding steroid dienone is 1. The maximum Gasteiger partial charge on any atom is 0.316 e. The first-order valence-corrected chi connectivity index (χ1v) is 5.35. The van der Waals surface area contributed by atoms with E-state index in [1.165, 1.54) is 0 Å². The Morgan fingerprint density at radius 2 is 2.08 bits per heavy atom. The highest BCUT2D eigenvalue weighted by Crippen LogP contribution is 2.22. The van der Waals surface area contributed by atoms with Gasteiger partial charge in [-0.2, -0.15) is 0 Å². The molecule has 76 valence electrons. The molecule has 0 saturated heterocycles. The molecule has 3 heteroatoms. The van der Waals surface area contributed by atoms with E-state index in [9.17, 15) is 4.79 Å². The van der Waals surface area contributed by atoms with Crippen molar-refractivity contribution in [2.45, 2.75) is 32.4 Å². The zero-order valence-corrected chi connectivity index (χ0v) is 9.61. The summed E-state index contributed by atoms with van der Waals surface area (Å²) in [6.45, 7) is 8.53. The summed E-state index contributed by atoms with van der Waals surface area (Å²) in [5.74, 6) is 0.291. The number of rotatable bonds is 4. The summed E-state index contributed by atoms with van der Waals surface area (Å²) in [5, 5.41) is 0. The van der Waals surface area contributed by atoms with Crippen LogP contribution in [-0.4, -0.2) is 23.1 Å². The molecule has 0 aromatic rings. The number of carbonyl (C=O) groups excluding carboxylic acids is 1. The van der Waals surface area contributed by atoms with E-state index in [0.717, 1.165) is 0 Å². The van der Waals surface area contributed by atoms with Gasteiger partial charge in [-0.1, -0.05) is 32.9 Å². The largest absolute Gasteiger partial charge is 0.461 e. The Morgan fingerprint density at radius 1 is 1.46 bits per heavy atom. The molecule has 0 amide bonds. The molecule has 13 heavy (non-hydrogen) atoms. The van der Waals surface area contributed by atoms with Crippen LogP contribution in [0.3, 0.4) is 0 Å². The van der Waals surface area contributed by atoms with Crippen molar-refractivity contribution in [2.24, 2.45) is 0 Å². The van der Waals surface area contributed by atoms with Crippen LogP contribution >= 0.6 is 11.8 Å². The fourth-order valence-corrected chi connectivity index (χ4v) is 1.19. The van der Waals surface area contributed by atoms with Crippen LogP contribution in [0.2, 0.25) is 0 Å². The van der Waals surface area contributed by atoms with Crippen LogP contribution < -0.4 is 0 Å². The van der Waals surface area contributed by atoms with Crippen LogP contribution in [0.25, 0.3) is 0 Å². The molecular formula is C10H18O2S. The molecule has 0 rings (SSSR count). The number of hydrogen-bond acceptors (Lipinski definition) is 3. The van der Waals surface area contributed by atoms with Gasteiger partial charge in [-0.05, 0) is 6.92 Å². The Labute approximate surface area is 84.7 Å². The zero-order chi connectivity index (χ0) is 10.3. The smallest absolute Gasteiger partial charge is 0.316 e. The molecule has 0 heterocycles. The minimum absolute atomic E-state index is 0.125. The highest BCUT2D eigenvalue weighted by atomic mass is 32.2. The van der Waals surface area contributed by atoms with E-state index in [1.54, 1.807) is 11.8 Å². The van der Waals surface area contributed by atoms with Gasteiger partial charge in [-0.3, -0.25) is 4.79 Å². The van der Waals surface area contributed by atoms with Crippen LogP contribution in [0.1, 0.15) is 27.7 Å². The van der Waals surface area contributed by atoms with Gasteiger partial charge in [-0.25, -0.2) is 0 Å². The highest BCUT2D eigenvalue weighted by Gasteiger charge is 2.13. The summed E-state index contributed by atoms with van der Waals surface area (Å²) in [5.41, 5.74) is 0. The van der Waals surface area contributed by atoms with Crippen molar-refractivity contribution in [3.8, 4) is 0 Å². The summed E-state index contributed by atoms with van der Waals surface area (Å²) in [7, 11) is 0. The molecule has 0 bridgehead atoms. The van der Waals surface area contributed by atoms with E-state index in [2.05, 4.69) is 20.8 Å². The average Bonchev–Trinajstić information content (AvgIpc) is 2.00. The van der Waals surface area contributed by atoms with Gasteiger partial charge in [0.1, 0.15) is 6.61 Å². The first-order valence-electron chi connectivity index (χ1n) is 4.36. The first-order chi connectivity index (χ1) is 5.95. The molecular weight excluding hydrogens is 184 g/mol. The summed E-state index contributed by atoms with van der Waals surface area (Å²) >= 11 is 1.60. The molecule has 2 nitrogen and oxygen atoms in total. The minimum atomic E-state index is -0.141. The highest BCUT2D eigenvalue weighted by molar-refractivity contribution is 8.01. The number of hydrogen-bond donors (Lipinski definition) is 0. The molecule has 0 spiro atoms. The van der Waals surface area contributed by atoms with Crippen molar-refractivity contribution in [1.29, 1.82) is 0 Å². The van der Waals surface area contributed by atoms with Gasteiger partial charge in [-0.15, -0.1) is 11.8 Å². The van der Waals surface area contributed by atoms with Gasteiger partial charge >= 0.3 is 5.97 Å². The third kappa shape index (κ3) is 9.47.